The van der Waals surface area contributed by atoms with Crippen molar-refractivity contribution in [3.63, 3.8) is 0 Å². The minimum atomic E-state index is -0.791. The minimum absolute atomic E-state index is 0.500. The first-order chi connectivity index (χ1) is 7.70. The van der Waals surface area contributed by atoms with Gasteiger partial charge in [0.05, 0.1) is 23.8 Å². The summed E-state index contributed by atoms with van der Waals surface area (Å²) in [6.07, 6.45) is 4.05. The van der Waals surface area contributed by atoms with Crippen LogP contribution in [-0.4, -0.2) is 25.8 Å². The van der Waals surface area contributed by atoms with Gasteiger partial charge in [0.15, 0.2) is 0 Å². The van der Waals surface area contributed by atoms with E-state index in [2.05, 4.69) is 51.1 Å². The number of benzene rings is 1. The summed E-state index contributed by atoms with van der Waals surface area (Å²) in [6.45, 7) is 7.02. The first kappa shape index (κ1) is 15.3. The van der Waals surface area contributed by atoms with Gasteiger partial charge in [-0.05, 0) is 32.9 Å². The van der Waals surface area contributed by atoms with Crippen molar-refractivity contribution >= 4 is 19.9 Å². The Kier molecular flexibility index (Phi) is 8.10. The Morgan fingerprint density at radius 2 is 1.44 bits per heavy atom. The molecule has 0 saturated heterocycles. The maximum atomic E-state index is 8.25. The standard InChI is InChI=1S/C12H20P.BO2/c1-4-13(5-2,6-3)12-10-8-7-9-11-12;2-1-3/h7-11H,4-6H2,1-3H3;/q+1;-1. The second-order valence-electron chi connectivity index (χ2n) is 3.53. The van der Waals surface area contributed by atoms with Gasteiger partial charge >= 0.3 is 17.1 Å². The van der Waals surface area contributed by atoms with Gasteiger partial charge in [0.2, 0.25) is 0 Å². The quantitative estimate of drug-likeness (QED) is 0.591. The summed E-state index contributed by atoms with van der Waals surface area (Å²) in [5, 5.41) is 9.86. The van der Waals surface area contributed by atoms with Crippen LogP contribution in [-0.2, 0) is 4.70 Å². The van der Waals surface area contributed by atoms with E-state index in [0.717, 1.165) is 0 Å². The molecule has 0 aromatic heterocycles. The third-order valence-electron chi connectivity index (χ3n) is 3.12. The fourth-order valence-corrected chi connectivity index (χ4v) is 5.20. The molecule has 0 atom stereocenters. The predicted octanol–water partition coefficient (Wildman–Crippen LogP) is 1.70. The molecule has 0 aliphatic carbocycles. The van der Waals surface area contributed by atoms with Crippen LogP contribution in [0.5, 0.6) is 0 Å². The zero-order valence-corrected chi connectivity index (χ0v) is 11.2. The number of rotatable bonds is 4. The summed E-state index contributed by atoms with van der Waals surface area (Å²) in [5.41, 5.74) is 0. The molecule has 88 valence electrons. The van der Waals surface area contributed by atoms with Gasteiger partial charge in [0.1, 0.15) is 0 Å². The van der Waals surface area contributed by atoms with Crippen molar-refractivity contribution in [2.45, 2.75) is 20.8 Å². The van der Waals surface area contributed by atoms with Crippen LogP contribution in [0, 0.1) is 0 Å². The Labute approximate surface area is 99.7 Å². The zero-order valence-electron chi connectivity index (χ0n) is 10.3. The Morgan fingerprint density at radius 3 is 1.75 bits per heavy atom. The van der Waals surface area contributed by atoms with Crippen molar-refractivity contribution in [2.75, 3.05) is 18.5 Å². The van der Waals surface area contributed by atoms with Crippen LogP contribution in [0.15, 0.2) is 30.3 Å². The molecule has 16 heavy (non-hydrogen) atoms. The van der Waals surface area contributed by atoms with Crippen molar-refractivity contribution < 1.29 is 9.73 Å². The van der Waals surface area contributed by atoms with E-state index in [1.165, 1.54) is 18.5 Å². The van der Waals surface area contributed by atoms with E-state index in [0.29, 0.717) is 0 Å². The predicted molar refractivity (Wildman–Crippen MR) is 71.1 cm³/mol. The fraction of sp³-hybridized carbons (Fsp3) is 0.500. The molecular weight excluding hydrogens is 218 g/mol. The normalized spacial score (nSPS) is 9.94. The Balaban J connectivity index is 0.000000673. The summed E-state index contributed by atoms with van der Waals surface area (Å²) < 4.78 is 8.25. The molecule has 0 amide bonds. The van der Waals surface area contributed by atoms with E-state index in [4.69, 9.17) is 9.73 Å². The van der Waals surface area contributed by atoms with Crippen LogP contribution in [0.25, 0.3) is 0 Å². The maximum absolute atomic E-state index is 8.25. The van der Waals surface area contributed by atoms with Crippen molar-refractivity contribution in [1.82, 2.24) is 0 Å². The van der Waals surface area contributed by atoms with Gasteiger partial charge in [-0.2, -0.15) is 0 Å². The van der Waals surface area contributed by atoms with Gasteiger partial charge in [0, 0.05) is 7.26 Å². The van der Waals surface area contributed by atoms with Crippen molar-refractivity contribution in [3.05, 3.63) is 30.3 Å². The average molecular weight is 238 g/mol. The van der Waals surface area contributed by atoms with Crippen LogP contribution in [0.3, 0.4) is 0 Å². The summed E-state index contributed by atoms with van der Waals surface area (Å²) in [6, 6.07) is 11.1. The molecular formula is C12H20BO2P. The molecule has 0 fully saturated rings. The van der Waals surface area contributed by atoms with Crippen molar-refractivity contribution in [1.29, 1.82) is 0 Å². The number of hydrogen-bond acceptors (Lipinski definition) is 2. The van der Waals surface area contributed by atoms with Gasteiger partial charge in [-0.25, -0.2) is 0 Å². The molecule has 1 aromatic carbocycles. The molecule has 0 radical (unpaired) electrons. The Bertz CT molecular complexity index is 278. The van der Waals surface area contributed by atoms with Gasteiger partial charge in [0.25, 0.3) is 0 Å². The second kappa shape index (κ2) is 8.46. The molecule has 0 N–H and O–H groups in total. The SMILES string of the molecule is CC[P+](CC)(CC)c1ccccc1.O=B[O-]. The zero-order chi connectivity index (χ0) is 12.4. The van der Waals surface area contributed by atoms with Crippen LogP contribution in [0.4, 0.5) is 0 Å². The molecule has 0 heterocycles. The van der Waals surface area contributed by atoms with Crippen LogP contribution >= 0.6 is 7.26 Å². The molecule has 0 aliphatic rings. The summed E-state index contributed by atoms with van der Waals surface area (Å²) in [4.78, 5) is 0. The summed E-state index contributed by atoms with van der Waals surface area (Å²) >= 11 is 0. The van der Waals surface area contributed by atoms with Crippen LogP contribution in [0.2, 0.25) is 0 Å². The Morgan fingerprint density at radius 1 is 1.06 bits per heavy atom. The average Bonchev–Trinajstić information content (AvgIpc) is 2.34. The van der Waals surface area contributed by atoms with Gasteiger partial charge in [-0.1, -0.05) is 18.2 Å². The van der Waals surface area contributed by atoms with E-state index in [-0.39, 0.29) is 0 Å². The fourth-order valence-electron chi connectivity index (χ4n) is 1.96. The molecule has 1 rings (SSSR count). The van der Waals surface area contributed by atoms with E-state index in [1.807, 2.05) is 0 Å². The molecule has 0 saturated carbocycles. The summed E-state index contributed by atoms with van der Waals surface area (Å²) in [7, 11) is -1.29. The molecule has 4 heteroatoms. The van der Waals surface area contributed by atoms with E-state index >= 15 is 0 Å². The molecule has 0 bridgehead atoms. The van der Waals surface area contributed by atoms with E-state index < -0.39 is 14.6 Å². The first-order valence-corrected chi connectivity index (χ1v) is 8.02. The van der Waals surface area contributed by atoms with Crippen molar-refractivity contribution in [2.24, 2.45) is 0 Å². The van der Waals surface area contributed by atoms with Crippen molar-refractivity contribution in [3.8, 4) is 0 Å². The number of hydrogen-bond donors (Lipinski definition) is 0. The van der Waals surface area contributed by atoms with E-state index in [9.17, 15) is 0 Å². The van der Waals surface area contributed by atoms with Gasteiger partial charge < -0.3 is 0 Å². The molecule has 2 nitrogen and oxygen atoms in total. The first-order valence-electron chi connectivity index (χ1n) is 5.68. The molecule has 0 spiro atoms. The van der Waals surface area contributed by atoms with E-state index in [1.54, 1.807) is 5.30 Å². The van der Waals surface area contributed by atoms with Gasteiger partial charge in [-0.15, -0.1) is 0 Å². The monoisotopic (exact) mass is 238 g/mol. The van der Waals surface area contributed by atoms with Crippen LogP contribution in [0.1, 0.15) is 20.8 Å². The van der Waals surface area contributed by atoms with Crippen LogP contribution < -0.4 is 10.3 Å². The molecule has 1 aromatic rings. The third kappa shape index (κ3) is 4.06. The molecule has 0 aliphatic heterocycles. The van der Waals surface area contributed by atoms with Gasteiger partial charge in [-0.3, -0.25) is 0 Å². The summed E-state index contributed by atoms with van der Waals surface area (Å²) in [5.74, 6) is 0. The third-order valence-corrected chi connectivity index (χ3v) is 8.15. The molecule has 0 unspecified atom stereocenters. The topological polar surface area (TPSA) is 40.1 Å². The Hall–Kier alpha value is -0.685. The second-order valence-corrected chi connectivity index (χ2v) is 8.23.